The lowest BCUT2D eigenvalue weighted by Crippen LogP contribution is -2.50. The fourth-order valence-corrected chi connectivity index (χ4v) is 5.54. The van der Waals surface area contributed by atoms with Crippen molar-refractivity contribution in [2.45, 2.75) is 39.3 Å². The second-order valence-corrected chi connectivity index (χ2v) is 8.99. The Bertz CT molecular complexity index is 169. The molecule has 1 aliphatic heterocycles. The molecule has 1 aliphatic rings. The number of allylic oxidation sites excluding steroid dienone is 1. The molecule has 0 aromatic rings. The number of hydrogen-bond acceptors (Lipinski definition) is 1. The van der Waals surface area contributed by atoms with Crippen molar-refractivity contribution in [3.05, 3.63) is 11.8 Å². The van der Waals surface area contributed by atoms with E-state index < -0.39 is 8.07 Å². The molecule has 1 saturated heterocycles. The van der Waals surface area contributed by atoms with Gasteiger partial charge in [0.2, 0.25) is 0 Å². The lowest BCUT2D eigenvalue weighted by molar-refractivity contribution is 0.210. The van der Waals surface area contributed by atoms with Crippen LogP contribution in [0.2, 0.25) is 12.1 Å². The first kappa shape index (κ1) is 11.0. The predicted octanol–water partition coefficient (Wildman–Crippen LogP) is 2.84. The van der Waals surface area contributed by atoms with Crippen LogP contribution < -0.4 is 0 Å². The Morgan fingerprint density at radius 2 is 1.85 bits per heavy atom. The van der Waals surface area contributed by atoms with Gasteiger partial charge < -0.3 is 4.90 Å². The Balaban J connectivity index is 2.52. The van der Waals surface area contributed by atoms with E-state index in [0.29, 0.717) is 0 Å². The Labute approximate surface area is 83.8 Å². The summed E-state index contributed by atoms with van der Waals surface area (Å²) < 4.78 is 0. The second-order valence-electron chi connectivity index (χ2n) is 4.20. The van der Waals surface area contributed by atoms with Crippen LogP contribution in [0.1, 0.15) is 27.2 Å². The van der Waals surface area contributed by atoms with Crippen molar-refractivity contribution in [2.24, 2.45) is 0 Å². The standard InChI is InChI=1S/C11H23NSi/c1-4-10-13(5-2,6-3)11-12-8-7-9-12/h4,10H,5-9,11H2,1-3H3. The van der Waals surface area contributed by atoms with Crippen LogP contribution in [-0.2, 0) is 0 Å². The van der Waals surface area contributed by atoms with Gasteiger partial charge in [-0.15, -0.1) is 0 Å². The number of hydrogen-bond donors (Lipinski definition) is 0. The minimum atomic E-state index is -1.03. The maximum Gasteiger partial charge on any atom is 0.0912 e. The molecule has 1 fully saturated rings. The first-order valence-corrected chi connectivity index (χ1v) is 8.32. The van der Waals surface area contributed by atoms with Crippen LogP contribution >= 0.6 is 0 Å². The van der Waals surface area contributed by atoms with Gasteiger partial charge in [-0.1, -0.05) is 37.7 Å². The first-order chi connectivity index (χ1) is 6.26. The van der Waals surface area contributed by atoms with Crippen LogP contribution in [0, 0.1) is 0 Å². The largest absolute Gasteiger partial charge is 0.306 e. The zero-order valence-corrected chi connectivity index (χ0v) is 10.3. The van der Waals surface area contributed by atoms with Gasteiger partial charge in [0, 0.05) is 0 Å². The summed E-state index contributed by atoms with van der Waals surface area (Å²) in [6.07, 6.45) is 5.11. The minimum Gasteiger partial charge on any atom is -0.306 e. The topological polar surface area (TPSA) is 3.24 Å². The molecule has 1 heterocycles. The number of rotatable bonds is 5. The van der Waals surface area contributed by atoms with Crippen LogP contribution in [0.4, 0.5) is 0 Å². The molecule has 0 spiro atoms. The van der Waals surface area contributed by atoms with Gasteiger partial charge in [-0.2, -0.15) is 0 Å². The van der Waals surface area contributed by atoms with E-state index in [1.807, 2.05) is 0 Å². The van der Waals surface area contributed by atoms with E-state index in [0.717, 1.165) is 0 Å². The summed E-state index contributed by atoms with van der Waals surface area (Å²) in [5.41, 5.74) is 2.55. The molecule has 0 aromatic heterocycles. The zero-order valence-electron chi connectivity index (χ0n) is 9.34. The van der Waals surface area contributed by atoms with Gasteiger partial charge in [0.25, 0.3) is 0 Å². The molecule has 0 atom stereocenters. The highest BCUT2D eigenvalue weighted by molar-refractivity contribution is 6.84. The summed E-state index contributed by atoms with van der Waals surface area (Å²) in [5, 5.41) is 0. The average Bonchev–Trinajstić information content (AvgIpc) is 2.10. The molecule has 76 valence electrons. The van der Waals surface area contributed by atoms with E-state index in [4.69, 9.17) is 0 Å². The Morgan fingerprint density at radius 1 is 1.23 bits per heavy atom. The van der Waals surface area contributed by atoms with Gasteiger partial charge in [-0.3, -0.25) is 0 Å². The first-order valence-electron chi connectivity index (χ1n) is 5.62. The summed E-state index contributed by atoms with van der Waals surface area (Å²) in [6, 6.07) is 2.81. The van der Waals surface area contributed by atoms with Crippen molar-refractivity contribution in [3.63, 3.8) is 0 Å². The maximum atomic E-state index is 2.64. The number of likely N-dealkylation sites (tertiary alicyclic amines) is 1. The van der Waals surface area contributed by atoms with Crippen LogP contribution in [0.25, 0.3) is 0 Å². The van der Waals surface area contributed by atoms with Crippen molar-refractivity contribution in [2.75, 3.05) is 19.3 Å². The zero-order chi connectivity index (χ0) is 9.73. The SMILES string of the molecule is CC=C[Si](CC)(CC)CN1CCC1. The van der Waals surface area contributed by atoms with E-state index in [1.165, 1.54) is 37.8 Å². The minimum absolute atomic E-state index is 1.03. The van der Waals surface area contributed by atoms with Gasteiger partial charge in [-0.05, 0) is 32.6 Å². The van der Waals surface area contributed by atoms with E-state index >= 15 is 0 Å². The fraction of sp³-hybridized carbons (Fsp3) is 0.818. The predicted molar refractivity (Wildman–Crippen MR) is 62.6 cm³/mol. The van der Waals surface area contributed by atoms with Crippen molar-refractivity contribution >= 4 is 8.07 Å². The van der Waals surface area contributed by atoms with Crippen molar-refractivity contribution in [1.29, 1.82) is 0 Å². The summed E-state index contributed by atoms with van der Waals surface area (Å²) in [6.45, 7) is 9.62. The van der Waals surface area contributed by atoms with Crippen LogP contribution in [0.5, 0.6) is 0 Å². The third kappa shape index (κ3) is 2.68. The van der Waals surface area contributed by atoms with E-state index in [9.17, 15) is 0 Å². The van der Waals surface area contributed by atoms with Crippen molar-refractivity contribution < 1.29 is 0 Å². The molecule has 1 nitrogen and oxygen atoms in total. The maximum absolute atomic E-state index is 2.64. The van der Waals surface area contributed by atoms with Gasteiger partial charge in [-0.25, -0.2) is 0 Å². The second kappa shape index (κ2) is 4.96. The summed E-state index contributed by atoms with van der Waals surface area (Å²) >= 11 is 0. The molecule has 13 heavy (non-hydrogen) atoms. The fourth-order valence-electron chi connectivity index (χ4n) is 2.10. The lowest BCUT2D eigenvalue weighted by atomic mass is 10.2. The summed E-state index contributed by atoms with van der Waals surface area (Å²) in [5.74, 6) is 0. The summed E-state index contributed by atoms with van der Waals surface area (Å²) in [4.78, 5) is 2.64. The normalized spacial score (nSPS) is 19.3. The summed E-state index contributed by atoms with van der Waals surface area (Å²) in [7, 11) is -1.03. The quantitative estimate of drug-likeness (QED) is 0.613. The number of nitrogens with zero attached hydrogens (tertiary/aromatic N) is 1. The van der Waals surface area contributed by atoms with Crippen LogP contribution in [-0.4, -0.2) is 32.2 Å². The molecule has 0 radical (unpaired) electrons. The average molecular weight is 197 g/mol. The molecule has 0 saturated carbocycles. The Morgan fingerprint density at radius 3 is 2.15 bits per heavy atom. The molecule has 2 heteroatoms. The van der Waals surface area contributed by atoms with Crippen molar-refractivity contribution in [3.8, 4) is 0 Å². The van der Waals surface area contributed by atoms with Crippen LogP contribution in [0.3, 0.4) is 0 Å². The van der Waals surface area contributed by atoms with Gasteiger partial charge in [0.1, 0.15) is 0 Å². The van der Waals surface area contributed by atoms with Gasteiger partial charge in [0.05, 0.1) is 8.07 Å². The van der Waals surface area contributed by atoms with Gasteiger partial charge >= 0.3 is 0 Å². The highest BCUT2D eigenvalue weighted by Crippen LogP contribution is 2.21. The van der Waals surface area contributed by atoms with E-state index in [2.05, 4.69) is 37.4 Å². The lowest BCUT2D eigenvalue weighted by Gasteiger charge is -2.38. The smallest absolute Gasteiger partial charge is 0.0912 e. The Hall–Kier alpha value is -0.0831. The Kier molecular flexibility index (Phi) is 4.20. The van der Waals surface area contributed by atoms with Gasteiger partial charge in [0.15, 0.2) is 0 Å². The van der Waals surface area contributed by atoms with Crippen LogP contribution in [0.15, 0.2) is 11.8 Å². The third-order valence-electron chi connectivity index (χ3n) is 3.42. The molecule has 0 amide bonds. The highest BCUT2D eigenvalue weighted by Gasteiger charge is 2.30. The molecule has 0 bridgehead atoms. The third-order valence-corrected chi connectivity index (χ3v) is 8.35. The molecule has 0 aliphatic carbocycles. The highest BCUT2D eigenvalue weighted by atomic mass is 28.3. The van der Waals surface area contributed by atoms with Crippen molar-refractivity contribution in [1.82, 2.24) is 4.90 Å². The monoisotopic (exact) mass is 197 g/mol. The molecule has 0 unspecified atom stereocenters. The molecule has 0 aromatic carbocycles. The van der Waals surface area contributed by atoms with E-state index in [1.54, 1.807) is 0 Å². The van der Waals surface area contributed by atoms with E-state index in [-0.39, 0.29) is 0 Å². The molecular formula is C11H23NSi. The molecule has 0 N–H and O–H groups in total. The molecule has 1 rings (SSSR count). The molecular weight excluding hydrogens is 174 g/mol.